The van der Waals surface area contributed by atoms with Crippen LogP contribution in [0.5, 0.6) is 0 Å². The molecule has 3 N–H and O–H groups in total. The summed E-state index contributed by atoms with van der Waals surface area (Å²) in [6.45, 7) is 5.08. The first-order valence-electron chi connectivity index (χ1n) is 9.90. The first-order valence-corrected chi connectivity index (χ1v) is 9.90. The zero-order valence-corrected chi connectivity index (χ0v) is 15.1. The van der Waals surface area contributed by atoms with Gasteiger partial charge >= 0.3 is 0 Å². The lowest BCUT2D eigenvalue weighted by molar-refractivity contribution is -0.0505. The molecule has 2 aliphatic heterocycles. The molecule has 4 nitrogen and oxygen atoms in total. The fraction of sp³-hybridized carbons (Fsp3) is 0.619. The van der Waals surface area contributed by atoms with E-state index < -0.39 is 5.60 Å². The Morgan fingerprint density at radius 3 is 2.52 bits per heavy atom. The molecule has 1 atom stereocenters. The molecule has 1 aliphatic carbocycles. The molecule has 1 unspecified atom stereocenters. The molecule has 3 aliphatic rings. The third-order valence-electron chi connectivity index (χ3n) is 6.41. The SMILES string of the molecule is O[C@]1(C2CNCCN2)CC[C@H](N2CC=C(c3ccccc3)CC2)CC1. The molecule has 136 valence electrons. The van der Waals surface area contributed by atoms with E-state index in [4.69, 9.17) is 0 Å². The van der Waals surface area contributed by atoms with Crippen LogP contribution in [0.15, 0.2) is 36.4 Å². The quantitative estimate of drug-likeness (QED) is 0.787. The molecule has 4 rings (SSSR count). The van der Waals surface area contributed by atoms with Crippen LogP contribution >= 0.6 is 0 Å². The molecule has 1 aromatic carbocycles. The van der Waals surface area contributed by atoms with Gasteiger partial charge in [0.05, 0.1) is 5.60 Å². The highest BCUT2D eigenvalue weighted by Gasteiger charge is 2.41. The Labute approximate surface area is 151 Å². The Balaban J connectivity index is 1.32. The number of nitrogens with zero attached hydrogens (tertiary/aromatic N) is 1. The summed E-state index contributed by atoms with van der Waals surface area (Å²) in [5, 5.41) is 18.0. The summed E-state index contributed by atoms with van der Waals surface area (Å²) in [6, 6.07) is 11.6. The van der Waals surface area contributed by atoms with E-state index in [2.05, 4.69) is 51.9 Å². The van der Waals surface area contributed by atoms with Crippen LogP contribution < -0.4 is 10.6 Å². The van der Waals surface area contributed by atoms with Crippen molar-refractivity contribution in [3.05, 3.63) is 42.0 Å². The molecule has 25 heavy (non-hydrogen) atoms. The Morgan fingerprint density at radius 2 is 1.88 bits per heavy atom. The van der Waals surface area contributed by atoms with Crippen molar-refractivity contribution in [1.29, 1.82) is 0 Å². The summed E-state index contributed by atoms with van der Waals surface area (Å²) in [7, 11) is 0. The van der Waals surface area contributed by atoms with Crippen molar-refractivity contribution in [1.82, 2.24) is 15.5 Å². The number of benzene rings is 1. The number of piperazine rings is 1. The maximum atomic E-state index is 11.1. The van der Waals surface area contributed by atoms with Gasteiger partial charge in [-0.3, -0.25) is 4.90 Å². The Hall–Kier alpha value is -1.20. The van der Waals surface area contributed by atoms with Crippen LogP contribution in [0, 0.1) is 0 Å². The Morgan fingerprint density at radius 1 is 1.08 bits per heavy atom. The van der Waals surface area contributed by atoms with Crippen LogP contribution in [0.4, 0.5) is 0 Å². The monoisotopic (exact) mass is 341 g/mol. The molecule has 2 fully saturated rings. The number of rotatable bonds is 3. The average Bonchev–Trinajstić information content (AvgIpc) is 2.70. The van der Waals surface area contributed by atoms with Crippen LogP contribution in [-0.4, -0.2) is 60.4 Å². The lowest BCUT2D eigenvalue weighted by Crippen LogP contribution is -2.62. The topological polar surface area (TPSA) is 47.5 Å². The normalized spacial score (nSPS) is 34.5. The summed E-state index contributed by atoms with van der Waals surface area (Å²) in [5.41, 5.74) is 2.34. The third-order valence-corrected chi connectivity index (χ3v) is 6.41. The van der Waals surface area contributed by atoms with Crippen molar-refractivity contribution in [3.63, 3.8) is 0 Å². The van der Waals surface area contributed by atoms with Crippen LogP contribution in [0.3, 0.4) is 0 Å². The smallest absolute Gasteiger partial charge is 0.0813 e. The third kappa shape index (κ3) is 3.82. The second kappa shape index (κ2) is 7.58. The van der Waals surface area contributed by atoms with Crippen molar-refractivity contribution in [2.75, 3.05) is 32.7 Å². The summed E-state index contributed by atoms with van der Waals surface area (Å²) in [4.78, 5) is 2.62. The fourth-order valence-corrected chi connectivity index (χ4v) is 4.78. The van der Waals surface area contributed by atoms with Gasteiger partial charge in [-0.25, -0.2) is 0 Å². The summed E-state index contributed by atoms with van der Waals surface area (Å²) >= 11 is 0. The molecule has 0 amide bonds. The molecular formula is C21H31N3O. The first kappa shape index (κ1) is 17.2. The molecular weight excluding hydrogens is 310 g/mol. The van der Waals surface area contributed by atoms with Crippen LogP contribution in [0.25, 0.3) is 5.57 Å². The summed E-state index contributed by atoms with van der Waals surface area (Å²) < 4.78 is 0. The van der Waals surface area contributed by atoms with E-state index in [0.717, 1.165) is 64.8 Å². The van der Waals surface area contributed by atoms with E-state index in [0.29, 0.717) is 6.04 Å². The predicted molar refractivity (Wildman–Crippen MR) is 102 cm³/mol. The number of aliphatic hydroxyl groups is 1. The van der Waals surface area contributed by atoms with Crippen molar-refractivity contribution in [2.45, 2.75) is 49.8 Å². The highest BCUT2D eigenvalue weighted by atomic mass is 16.3. The maximum absolute atomic E-state index is 11.1. The van der Waals surface area contributed by atoms with Crippen LogP contribution in [0.2, 0.25) is 0 Å². The van der Waals surface area contributed by atoms with E-state index in [1.54, 1.807) is 0 Å². The van der Waals surface area contributed by atoms with E-state index >= 15 is 0 Å². The van der Waals surface area contributed by atoms with Gasteiger partial charge in [-0.1, -0.05) is 36.4 Å². The van der Waals surface area contributed by atoms with E-state index in [-0.39, 0.29) is 6.04 Å². The first-order chi connectivity index (χ1) is 12.2. The largest absolute Gasteiger partial charge is 0.388 e. The lowest BCUT2D eigenvalue weighted by atomic mass is 9.76. The molecule has 4 heteroatoms. The highest BCUT2D eigenvalue weighted by molar-refractivity contribution is 5.66. The van der Waals surface area contributed by atoms with Crippen molar-refractivity contribution >= 4 is 5.57 Å². The lowest BCUT2D eigenvalue weighted by Gasteiger charge is -2.46. The molecule has 1 saturated carbocycles. The molecule has 2 heterocycles. The molecule has 0 aromatic heterocycles. The summed E-state index contributed by atoms with van der Waals surface area (Å²) in [5.74, 6) is 0. The van der Waals surface area contributed by atoms with Gasteiger partial charge in [0, 0.05) is 44.8 Å². The molecule has 0 bridgehead atoms. The zero-order valence-electron chi connectivity index (χ0n) is 15.1. The van der Waals surface area contributed by atoms with Gasteiger partial charge < -0.3 is 15.7 Å². The van der Waals surface area contributed by atoms with Crippen LogP contribution in [-0.2, 0) is 0 Å². The summed E-state index contributed by atoms with van der Waals surface area (Å²) in [6.07, 6.45) is 7.61. The average molecular weight is 341 g/mol. The van der Waals surface area contributed by atoms with Crippen molar-refractivity contribution in [2.24, 2.45) is 0 Å². The number of hydrogen-bond donors (Lipinski definition) is 3. The van der Waals surface area contributed by atoms with Gasteiger partial charge in [-0.05, 0) is 43.2 Å². The van der Waals surface area contributed by atoms with Crippen LogP contribution in [0.1, 0.15) is 37.7 Å². The standard InChI is InChI=1S/C21H31N3O/c25-21(20-16-22-12-13-23-20)10-6-19(7-11-21)24-14-8-18(9-15-24)17-4-2-1-3-5-17/h1-5,8,19-20,22-23,25H,6-7,9-16H2/t19-,20?,21+. The highest BCUT2D eigenvalue weighted by Crippen LogP contribution is 2.35. The number of nitrogens with one attached hydrogen (secondary N) is 2. The van der Waals surface area contributed by atoms with Gasteiger partial charge in [-0.15, -0.1) is 0 Å². The van der Waals surface area contributed by atoms with Gasteiger partial charge in [-0.2, -0.15) is 0 Å². The van der Waals surface area contributed by atoms with E-state index in [1.165, 1.54) is 11.1 Å². The second-order valence-electron chi connectivity index (χ2n) is 7.89. The minimum absolute atomic E-state index is 0.216. The second-order valence-corrected chi connectivity index (χ2v) is 7.89. The minimum atomic E-state index is -0.523. The van der Waals surface area contributed by atoms with Gasteiger partial charge in [0.2, 0.25) is 0 Å². The molecule has 0 radical (unpaired) electrons. The zero-order chi connectivity index (χ0) is 17.1. The van der Waals surface area contributed by atoms with Gasteiger partial charge in [0.15, 0.2) is 0 Å². The van der Waals surface area contributed by atoms with Gasteiger partial charge in [0.1, 0.15) is 0 Å². The fourth-order valence-electron chi connectivity index (χ4n) is 4.78. The Kier molecular flexibility index (Phi) is 5.23. The van der Waals surface area contributed by atoms with Crippen molar-refractivity contribution in [3.8, 4) is 0 Å². The van der Waals surface area contributed by atoms with E-state index in [1.807, 2.05) is 0 Å². The van der Waals surface area contributed by atoms with E-state index in [9.17, 15) is 5.11 Å². The molecule has 1 aromatic rings. The van der Waals surface area contributed by atoms with Crippen molar-refractivity contribution < 1.29 is 5.11 Å². The Bertz CT molecular complexity index is 586. The predicted octanol–water partition coefficient (Wildman–Crippen LogP) is 2.01. The van der Waals surface area contributed by atoms with Gasteiger partial charge in [0.25, 0.3) is 0 Å². The maximum Gasteiger partial charge on any atom is 0.0813 e. The molecule has 0 spiro atoms. The molecule has 1 saturated heterocycles. The minimum Gasteiger partial charge on any atom is -0.388 e. The number of hydrogen-bond acceptors (Lipinski definition) is 4.